The first-order valence-corrected chi connectivity index (χ1v) is 5.52. The van der Waals surface area contributed by atoms with Crippen molar-refractivity contribution in [3.63, 3.8) is 0 Å². The molecular weight excluding hydrogens is 212 g/mol. The SMILES string of the molecule is Cc1ccc(-c2ccc3ncnc(C)c3c2)o1. The van der Waals surface area contributed by atoms with E-state index in [-0.39, 0.29) is 0 Å². The van der Waals surface area contributed by atoms with Crippen molar-refractivity contribution >= 4 is 10.9 Å². The Balaban J connectivity index is 2.22. The van der Waals surface area contributed by atoms with Gasteiger partial charge in [-0.25, -0.2) is 9.97 Å². The zero-order valence-electron chi connectivity index (χ0n) is 9.77. The fraction of sp³-hybridized carbons (Fsp3) is 0.143. The van der Waals surface area contributed by atoms with Gasteiger partial charge in [0, 0.05) is 16.6 Å². The minimum atomic E-state index is 0.882. The summed E-state index contributed by atoms with van der Waals surface area (Å²) in [4.78, 5) is 8.45. The maximum absolute atomic E-state index is 5.62. The van der Waals surface area contributed by atoms with Crippen LogP contribution in [0.1, 0.15) is 11.5 Å². The van der Waals surface area contributed by atoms with E-state index in [9.17, 15) is 0 Å². The van der Waals surface area contributed by atoms with Crippen molar-refractivity contribution in [3.05, 3.63) is 48.1 Å². The standard InChI is InChI=1S/C14H12N2O/c1-9-3-6-14(17-9)11-4-5-13-12(7-11)10(2)15-8-16-13/h3-8H,1-2H3. The third-order valence-corrected chi connectivity index (χ3v) is 2.86. The molecule has 2 aromatic heterocycles. The Morgan fingerprint density at radius 1 is 1.00 bits per heavy atom. The van der Waals surface area contributed by atoms with Crippen molar-refractivity contribution in [2.24, 2.45) is 0 Å². The Morgan fingerprint density at radius 2 is 1.88 bits per heavy atom. The number of hydrogen-bond donors (Lipinski definition) is 0. The zero-order valence-corrected chi connectivity index (χ0v) is 9.77. The quantitative estimate of drug-likeness (QED) is 0.635. The summed E-state index contributed by atoms with van der Waals surface area (Å²) in [6.07, 6.45) is 1.59. The van der Waals surface area contributed by atoms with Gasteiger partial charge in [-0.3, -0.25) is 0 Å². The highest BCUT2D eigenvalue weighted by molar-refractivity contribution is 5.85. The first-order valence-electron chi connectivity index (χ1n) is 5.52. The average molecular weight is 224 g/mol. The highest BCUT2D eigenvalue weighted by atomic mass is 16.3. The summed E-state index contributed by atoms with van der Waals surface area (Å²) < 4.78 is 5.62. The molecule has 1 aromatic carbocycles. The Kier molecular flexibility index (Phi) is 2.18. The molecule has 0 saturated heterocycles. The van der Waals surface area contributed by atoms with Gasteiger partial charge in [0.15, 0.2) is 0 Å². The molecule has 0 N–H and O–H groups in total. The summed E-state index contributed by atoms with van der Waals surface area (Å²) in [5.41, 5.74) is 3.01. The van der Waals surface area contributed by atoms with Gasteiger partial charge >= 0.3 is 0 Å². The average Bonchev–Trinajstić information content (AvgIpc) is 2.76. The van der Waals surface area contributed by atoms with Gasteiger partial charge in [-0.1, -0.05) is 0 Å². The number of hydrogen-bond acceptors (Lipinski definition) is 3. The summed E-state index contributed by atoms with van der Waals surface area (Å²) in [6, 6.07) is 10.0. The van der Waals surface area contributed by atoms with Crippen LogP contribution in [0.3, 0.4) is 0 Å². The summed E-state index contributed by atoms with van der Waals surface area (Å²) in [7, 11) is 0. The molecule has 2 heterocycles. The van der Waals surface area contributed by atoms with Crippen LogP contribution in [0.4, 0.5) is 0 Å². The summed E-state index contributed by atoms with van der Waals surface area (Å²) in [6.45, 7) is 3.93. The maximum Gasteiger partial charge on any atom is 0.134 e. The Hall–Kier alpha value is -2.16. The van der Waals surface area contributed by atoms with Gasteiger partial charge < -0.3 is 4.42 Å². The van der Waals surface area contributed by atoms with Crippen LogP contribution in [-0.2, 0) is 0 Å². The number of furan rings is 1. The van der Waals surface area contributed by atoms with E-state index in [1.807, 2.05) is 38.1 Å². The number of fused-ring (bicyclic) bond motifs is 1. The van der Waals surface area contributed by atoms with Gasteiger partial charge in [0.1, 0.15) is 17.8 Å². The van der Waals surface area contributed by atoms with Crippen LogP contribution in [0.25, 0.3) is 22.2 Å². The molecule has 0 aliphatic carbocycles. The summed E-state index contributed by atoms with van der Waals surface area (Å²) in [5.74, 6) is 1.80. The number of benzene rings is 1. The van der Waals surface area contributed by atoms with E-state index in [0.717, 1.165) is 33.7 Å². The predicted octanol–water partition coefficient (Wildman–Crippen LogP) is 3.51. The van der Waals surface area contributed by atoms with Crippen LogP contribution in [0.2, 0.25) is 0 Å². The molecule has 0 radical (unpaired) electrons. The molecule has 3 heteroatoms. The van der Waals surface area contributed by atoms with Crippen molar-refractivity contribution in [2.75, 3.05) is 0 Å². The largest absolute Gasteiger partial charge is 0.461 e. The van der Waals surface area contributed by atoms with Crippen LogP contribution in [0, 0.1) is 13.8 Å². The van der Waals surface area contributed by atoms with Gasteiger partial charge in [-0.15, -0.1) is 0 Å². The molecule has 0 unspecified atom stereocenters. The minimum absolute atomic E-state index is 0.882. The molecule has 84 valence electrons. The highest BCUT2D eigenvalue weighted by Gasteiger charge is 2.05. The predicted molar refractivity (Wildman–Crippen MR) is 66.7 cm³/mol. The smallest absolute Gasteiger partial charge is 0.134 e. The van der Waals surface area contributed by atoms with E-state index < -0.39 is 0 Å². The van der Waals surface area contributed by atoms with Crippen molar-refractivity contribution in [2.45, 2.75) is 13.8 Å². The van der Waals surface area contributed by atoms with Crippen LogP contribution in [0.15, 0.2) is 41.1 Å². The number of aryl methyl sites for hydroxylation is 2. The molecule has 3 aromatic rings. The second kappa shape index (κ2) is 3.70. The van der Waals surface area contributed by atoms with Gasteiger partial charge in [-0.05, 0) is 44.2 Å². The Labute approximate surface area is 99.1 Å². The van der Waals surface area contributed by atoms with E-state index in [0.29, 0.717) is 0 Å². The van der Waals surface area contributed by atoms with Gasteiger partial charge in [0.2, 0.25) is 0 Å². The lowest BCUT2D eigenvalue weighted by molar-refractivity contribution is 0.548. The lowest BCUT2D eigenvalue weighted by atomic mass is 10.1. The molecule has 0 saturated carbocycles. The molecule has 17 heavy (non-hydrogen) atoms. The summed E-state index contributed by atoms with van der Waals surface area (Å²) >= 11 is 0. The van der Waals surface area contributed by atoms with E-state index >= 15 is 0 Å². The van der Waals surface area contributed by atoms with Crippen LogP contribution in [0.5, 0.6) is 0 Å². The molecule has 0 amide bonds. The third kappa shape index (κ3) is 1.69. The molecule has 3 rings (SSSR count). The monoisotopic (exact) mass is 224 g/mol. The number of aromatic nitrogens is 2. The minimum Gasteiger partial charge on any atom is -0.461 e. The first-order chi connectivity index (χ1) is 8.24. The van der Waals surface area contributed by atoms with Gasteiger partial charge in [-0.2, -0.15) is 0 Å². The lowest BCUT2D eigenvalue weighted by Gasteiger charge is -2.02. The third-order valence-electron chi connectivity index (χ3n) is 2.86. The molecule has 0 aliphatic rings. The van der Waals surface area contributed by atoms with E-state index in [1.165, 1.54) is 0 Å². The Bertz CT molecular complexity index is 686. The highest BCUT2D eigenvalue weighted by Crippen LogP contribution is 2.25. The molecule has 0 atom stereocenters. The van der Waals surface area contributed by atoms with Crippen molar-refractivity contribution in [1.29, 1.82) is 0 Å². The fourth-order valence-corrected chi connectivity index (χ4v) is 1.93. The van der Waals surface area contributed by atoms with Gasteiger partial charge in [0.25, 0.3) is 0 Å². The maximum atomic E-state index is 5.62. The normalized spacial score (nSPS) is 10.9. The van der Waals surface area contributed by atoms with Gasteiger partial charge in [0.05, 0.1) is 5.52 Å². The lowest BCUT2D eigenvalue weighted by Crippen LogP contribution is -1.87. The second-order valence-electron chi connectivity index (χ2n) is 4.10. The van der Waals surface area contributed by atoms with E-state index in [2.05, 4.69) is 16.0 Å². The van der Waals surface area contributed by atoms with E-state index in [1.54, 1.807) is 6.33 Å². The summed E-state index contributed by atoms with van der Waals surface area (Å²) in [5, 5.41) is 1.07. The first kappa shape index (κ1) is 10.0. The van der Waals surface area contributed by atoms with Crippen LogP contribution < -0.4 is 0 Å². The molecule has 0 bridgehead atoms. The molecular formula is C14H12N2O. The topological polar surface area (TPSA) is 38.9 Å². The van der Waals surface area contributed by atoms with Crippen LogP contribution >= 0.6 is 0 Å². The van der Waals surface area contributed by atoms with Crippen molar-refractivity contribution < 1.29 is 4.42 Å². The van der Waals surface area contributed by atoms with E-state index in [4.69, 9.17) is 4.42 Å². The fourth-order valence-electron chi connectivity index (χ4n) is 1.93. The number of rotatable bonds is 1. The molecule has 0 spiro atoms. The number of nitrogens with zero attached hydrogens (tertiary/aromatic N) is 2. The Morgan fingerprint density at radius 3 is 2.65 bits per heavy atom. The second-order valence-corrected chi connectivity index (χ2v) is 4.10. The van der Waals surface area contributed by atoms with Crippen LogP contribution in [-0.4, -0.2) is 9.97 Å². The molecule has 0 fully saturated rings. The zero-order chi connectivity index (χ0) is 11.8. The molecule has 0 aliphatic heterocycles. The van der Waals surface area contributed by atoms with Crippen molar-refractivity contribution in [1.82, 2.24) is 9.97 Å². The molecule has 3 nitrogen and oxygen atoms in total. The van der Waals surface area contributed by atoms with Crippen molar-refractivity contribution in [3.8, 4) is 11.3 Å².